The van der Waals surface area contributed by atoms with Crippen LogP contribution in [-0.2, 0) is 11.8 Å². The first kappa shape index (κ1) is 14.5. The van der Waals surface area contributed by atoms with Gasteiger partial charge in [-0.15, -0.1) is 0 Å². The van der Waals surface area contributed by atoms with E-state index in [1.807, 2.05) is 14.0 Å². The van der Waals surface area contributed by atoms with Gasteiger partial charge in [-0.2, -0.15) is 5.10 Å². The highest BCUT2D eigenvalue weighted by Gasteiger charge is 2.22. The van der Waals surface area contributed by atoms with Crippen molar-refractivity contribution < 1.29 is 4.74 Å². The summed E-state index contributed by atoms with van der Waals surface area (Å²) in [5.41, 5.74) is 7.16. The van der Waals surface area contributed by atoms with Gasteiger partial charge in [-0.1, -0.05) is 0 Å². The number of aromatic nitrogens is 2. The molecule has 6 heteroatoms. The zero-order valence-corrected chi connectivity index (χ0v) is 11.8. The number of methoxy groups -OCH3 is 1. The Hall–Kier alpha value is -1.56. The number of ether oxygens (including phenoxy) is 1. The lowest BCUT2D eigenvalue weighted by Gasteiger charge is -2.29. The lowest BCUT2D eigenvalue weighted by molar-refractivity contribution is 0.203. The quantitative estimate of drug-likeness (QED) is 0.582. The third-order valence-corrected chi connectivity index (χ3v) is 2.89. The van der Waals surface area contributed by atoms with E-state index in [0.29, 0.717) is 12.2 Å². The molecule has 0 aliphatic heterocycles. The van der Waals surface area contributed by atoms with Gasteiger partial charge in [0.2, 0.25) is 0 Å². The van der Waals surface area contributed by atoms with Crippen LogP contribution < -0.4 is 10.6 Å². The van der Waals surface area contributed by atoms with Gasteiger partial charge in [-0.25, -0.2) is 0 Å². The minimum absolute atomic E-state index is 0.0543. The van der Waals surface area contributed by atoms with E-state index in [-0.39, 0.29) is 11.9 Å². The first-order chi connectivity index (χ1) is 8.40. The molecule has 0 aromatic carbocycles. The smallest absolute Gasteiger partial charge is 0.138 e. The van der Waals surface area contributed by atoms with Crippen LogP contribution in [0.1, 0.15) is 25.1 Å². The van der Waals surface area contributed by atoms with Crippen molar-refractivity contribution in [2.24, 2.45) is 12.8 Å². The second-order valence-corrected chi connectivity index (χ2v) is 4.60. The van der Waals surface area contributed by atoms with E-state index in [4.69, 9.17) is 15.9 Å². The molecule has 0 amide bonds. The molecule has 0 atom stereocenters. The molecule has 1 aromatic heterocycles. The van der Waals surface area contributed by atoms with Crippen LogP contribution in [0.15, 0.2) is 0 Å². The third kappa shape index (κ3) is 2.81. The number of nitrogens with one attached hydrogen (secondary N) is 1. The van der Waals surface area contributed by atoms with Gasteiger partial charge in [0.15, 0.2) is 0 Å². The summed E-state index contributed by atoms with van der Waals surface area (Å²) in [7, 11) is 3.55. The second-order valence-electron chi connectivity index (χ2n) is 4.60. The first-order valence-corrected chi connectivity index (χ1v) is 6.03. The van der Waals surface area contributed by atoms with Crippen LogP contribution in [0, 0.1) is 12.3 Å². The molecule has 0 fully saturated rings. The van der Waals surface area contributed by atoms with E-state index in [0.717, 1.165) is 18.1 Å². The maximum atomic E-state index is 7.71. The number of aryl methyl sites for hydroxylation is 2. The van der Waals surface area contributed by atoms with E-state index >= 15 is 0 Å². The van der Waals surface area contributed by atoms with Crippen molar-refractivity contribution in [3.63, 3.8) is 0 Å². The predicted molar refractivity (Wildman–Crippen MR) is 73.3 cm³/mol. The topological polar surface area (TPSA) is 80.2 Å². The maximum Gasteiger partial charge on any atom is 0.138 e. The number of amidine groups is 1. The van der Waals surface area contributed by atoms with Crippen molar-refractivity contribution in [3.8, 4) is 0 Å². The van der Waals surface area contributed by atoms with Gasteiger partial charge in [0.25, 0.3) is 0 Å². The summed E-state index contributed by atoms with van der Waals surface area (Å²) in [4.78, 5) is 2.15. The van der Waals surface area contributed by atoms with Crippen molar-refractivity contribution in [2.45, 2.75) is 26.8 Å². The van der Waals surface area contributed by atoms with Crippen LogP contribution in [0.4, 0.5) is 5.82 Å². The van der Waals surface area contributed by atoms with Crippen molar-refractivity contribution in [3.05, 3.63) is 11.3 Å². The lowest BCUT2D eigenvalue weighted by atomic mass is 10.2. The molecular weight excluding hydrogens is 230 g/mol. The maximum absolute atomic E-state index is 7.71. The van der Waals surface area contributed by atoms with Crippen LogP contribution in [-0.4, -0.2) is 41.9 Å². The Morgan fingerprint density at radius 2 is 2.17 bits per heavy atom. The summed E-state index contributed by atoms with van der Waals surface area (Å²) >= 11 is 0. The Kier molecular flexibility index (Phi) is 4.72. The van der Waals surface area contributed by atoms with E-state index in [1.165, 1.54) is 0 Å². The first-order valence-electron chi connectivity index (χ1n) is 6.03. The van der Waals surface area contributed by atoms with Crippen molar-refractivity contribution >= 4 is 11.7 Å². The highest BCUT2D eigenvalue weighted by molar-refractivity contribution is 6.01. The minimum Gasteiger partial charge on any atom is -0.384 e. The Morgan fingerprint density at radius 3 is 2.61 bits per heavy atom. The SMILES string of the molecule is COCCN(c1c(C(=N)N)c(C)nn1C)C(C)C. The summed E-state index contributed by atoms with van der Waals surface area (Å²) in [5, 5.41) is 12.1. The molecule has 0 unspecified atom stereocenters. The average Bonchev–Trinajstić information content (AvgIpc) is 2.54. The molecule has 102 valence electrons. The van der Waals surface area contributed by atoms with E-state index < -0.39 is 0 Å². The molecular formula is C12H23N5O. The van der Waals surface area contributed by atoms with Gasteiger partial charge < -0.3 is 15.4 Å². The van der Waals surface area contributed by atoms with E-state index in [1.54, 1.807) is 11.8 Å². The zero-order chi connectivity index (χ0) is 13.9. The van der Waals surface area contributed by atoms with Crippen molar-refractivity contribution in [1.82, 2.24) is 9.78 Å². The Morgan fingerprint density at radius 1 is 1.56 bits per heavy atom. The summed E-state index contributed by atoms with van der Waals surface area (Å²) in [6, 6.07) is 0.285. The molecule has 1 rings (SSSR count). The zero-order valence-electron chi connectivity index (χ0n) is 11.8. The number of rotatable bonds is 6. The Labute approximate surface area is 108 Å². The van der Waals surface area contributed by atoms with E-state index in [2.05, 4.69) is 23.8 Å². The lowest BCUT2D eigenvalue weighted by Crippen LogP contribution is -2.36. The monoisotopic (exact) mass is 253 g/mol. The Bertz CT molecular complexity index is 424. The van der Waals surface area contributed by atoms with Gasteiger partial charge in [-0.3, -0.25) is 10.1 Å². The molecule has 1 heterocycles. The summed E-state index contributed by atoms with van der Waals surface area (Å²) in [6.45, 7) is 7.44. The molecule has 0 aliphatic rings. The number of anilines is 1. The van der Waals surface area contributed by atoms with Crippen LogP contribution in [0.3, 0.4) is 0 Å². The molecule has 3 N–H and O–H groups in total. The number of nitrogens with two attached hydrogens (primary N) is 1. The second kappa shape index (κ2) is 5.86. The number of hydrogen-bond acceptors (Lipinski definition) is 4. The largest absolute Gasteiger partial charge is 0.384 e. The molecule has 1 aromatic rings. The minimum atomic E-state index is 0.0543. The number of hydrogen-bond donors (Lipinski definition) is 2. The normalized spacial score (nSPS) is 11.0. The molecule has 18 heavy (non-hydrogen) atoms. The Balaban J connectivity index is 3.22. The summed E-state index contributed by atoms with van der Waals surface area (Å²) in [6.07, 6.45) is 0. The third-order valence-electron chi connectivity index (χ3n) is 2.89. The number of nitrogens with zero attached hydrogens (tertiary/aromatic N) is 3. The molecule has 0 aliphatic carbocycles. The fourth-order valence-electron chi connectivity index (χ4n) is 2.09. The molecule has 0 bridgehead atoms. The molecule has 0 radical (unpaired) electrons. The van der Waals surface area contributed by atoms with Crippen LogP contribution in [0.25, 0.3) is 0 Å². The van der Waals surface area contributed by atoms with Gasteiger partial charge >= 0.3 is 0 Å². The molecule has 0 spiro atoms. The fourth-order valence-corrected chi connectivity index (χ4v) is 2.09. The van der Waals surface area contributed by atoms with Gasteiger partial charge in [0.05, 0.1) is 17.9 Å². The van der Waals surface area contributed by atoms with Gasteiger partial charge in [0, 0.05) is 26.7 Å². The molecule has 0 saturated heterocycles. The van der Waals surface area contributed by atoms with Crippen LogP contribution in [0.2, 0.25) is 0 Å². The highest BCUT2D eigenvalue weighted by atomic mass is 16.5. The standard InChI is InChI=1S/C12H23N5O/c1-8(2)17(6-7-18-5)12-10(11(13)14)9(3)15-16(12)4/h8H,6-7H2,1-5H3,(H3,13,14). The summed E-state index contributed by atoms with van der Waals surface area (Å²) < 4.78 is 6.91. The van der Waals surface area contributed by atoms with Crippen LogP contribution in [0.5, 0.6) is 0 Å². The molecule has 0 saturated carbocycles. The molecule has 6 nitrogen and oxygen atoms in total. The van der Waals surface area contributed by atoms with E-state index in [9.17, 15) is 0 Å². The highest BCUT2D eigenvalue weighted by Crippen LogP contribution is 2.24. The van der Waals surface area contributed by atoms with Crippen molar-refractivity contribution in [2.75, 3.05) is 25.2 Å². The summed E-state index contributed by atoms with van der Waals surface area (Å²) in [5.74, 6) is 0.936. The van der Waals surface area contributed by atoms with Crippen LogP contribution >= 0.6 is 0 Å². The fraction of sp³-hybridized carbons (Fsp3) is 0.667. The average molecular weight is 253 g/mol. The number of nitrogen functional groups attached to an aromatic ring is 1. The van der Waals surface area contributed by atoms with Gasteiger partial charge in [-0.05, 0) is 20.8 Å². The van der Waals surface area contributed by atoms with Crippen molar-refractivity contribution in [1.29, 1.82) is 5.41 Å². The van der Waals surface area contributed by atoms with Gasteiger partial charge in [0.1, 0.15) is 11.7 Å². The predicted octanol–water partition coefficient (Wildman–Crippen LogP) is 0.874.